The van der Waals surface area contributed by atoms with Gasteiger partial charge in [-0.2, -0.15) is 11.8 Å². The summed E-state index contributed by atoms with van der Waals surface area (Å²) in [7, 11) is 0. The van der Waals surface area contributed by atoms with E-state index in [0.717, 1.165) is 12.0 Å². The fourth-order valence-corrected chi connectivity index (χ4v) is 4.74. The summed E-state index contributed by atoms with van der Waals surface area (Å²) in [6, 6.07) is 0.780. The molecule has 2 heteroatoms. The van der Waals surface area contributed by atoms with E-state index < -0.39 is 0 Å². The minimum absolute atomic E-state index is 0.551. The third kappa shape index (κ3) is 2.28. The number of hydrogen-bond donors (Lipinski definition) is 1. The lowest BCUT2D eigenvalue weighted by molar-refractivity contribution is 0.121. The molecule has 0 aromatic heterocycles. The Hall–Kier alpha value is 0.310. The monoisotopic (exact) mass is 255 g/mol. The number of hydrogen-bond acceptors (Lipinski definition) is 2. The van der Waals surface area contributed by atoms with Gasteiger partial charge in [-0.15, -0.1) is 0 Å². The second-order valence-electron chi connectivity index (χ2n) is 6.67. The summed E-state index contributed by atoms with van der Waals surface area (Å²) in [6.45, 7) is 11.0. The molecule has 0 aliphatic heterocycles. The van der Waals surface area contributed by atoms with Gasteiger partial charge in [0.25, 0.3) is 0 Å². The first kappa shape index (κ1) is 13.7. The Bertz CT molecular complexity index is 264. The van der Waals surface area contributed by atoms with Crippen LogP contribution < -0.4 is 5.32 Å². The second-order valence-corrected chi connectivity index (χ2v) is 8.06. The molecule has 0 spiro atoms. The first-order valence-electron chi connectivity index (χ1n) is 7.33. The molecule has 2 saturated carbocycles. The van der Waals surface area contributed by atoms with E-state index in [1.807, 2.05) is 0 Å². The highest BCUT2D eigenvalue weighted by molar-refractivity contribution is 7.99. The Morgan fingerprint density at radius 1 is 1.29 bits per heavy atom. The van der Waals surface area contributed by atoms with Gasteiger partial charge in [-0.05, 0) is 60.5 Å². The molecule has 2 aliphatic rings. The Labute approximate surface area is 112 Å². The third-order valence-electron chi connectivity index (χ3n) is 5.85. The van der Waals surface area contributed by atoms with E-state index in [4.69, 9.17) is 0 Å². The maximum absolute atomic E-state index is 3.85. The van der Waals surface area contributed by atoms with Crippen LogP contribution in [0, 0.1) is 16.7 Å². The molecule has 17 heavy (non-hydrogen) atoms. The zero-order valence-corrected chi connectivity index (χ0v) is 12.8. The largest absolute Gasteiger partial charge is 0.313 e. The quantitative estimate of drug-likeness (QED) is 0.722. The molecule has 1 nitrogen and oxygen atoms in total. The summed E-state index contributed by atoms with van der Waals surface area (Å²) in [6.07, 6.45) is 5.65. The summed E-state index contributed by atoms with van der Waals surface area (Å²) in [5.41, 5.74) is 1.11. The van der Waals surface area contributed by atoms with Crippen LogP contribution in [-0.4, -0.2) is 24.1 Å². The highest BCUT2D eigenvalue weighted by Gasteiger charge is 2.60. The van der Waals surface area contributed by atoms with Gasteiger partial charge >= 0.3 is 0 Å². The molecule has 0 aromatic carbocycles. The maximum Gasteiger partial charge on any atom is 0.0129 e. The predicted molar refractivity (Wildman–Crippen MR) is 78.6 cm³/mol. The van der Waals surface area contributed by atoms with Crippen LogP contribution in [-0.2, 0) is 0 Å². The molecule has 3 atom stereocenters. The summed E-state index contributed by atoms with van der Waals surface area (Å²) in [5, 5.41) is 3.85. The Morgan fingerprint density at radius 3 is 2.59 bits per heavy atom. The van der Waals surface area contributed by atoms with E-state index >= 15 is 0 Å². The van der Waals surface area contributed by atoms with Crippen molar-refractivity contribution in [2.45, 2.75) is 59.4 Å². The molecule has 2 rings (SSSR count). The number of rotatable bonds is 6. The van der Waals surface area contributed by atoms with Gasteiger partial charge in [0, 0.05) is 6.04 Å². The highest BCUT2D eigenvalue weighted by Crippen LogP contribution is 2.65. The molecule has 0 saturated heterocycles. The first-order chi connectivity index (χ1) is 8.02. The zero-order valence-electron chi connectivity index (χ0n) is 12.0. The fraction of sp³-hybridized carbons (Fsp3) is 1.00. The molecule has 2 aliphatic carbocycles. The normalized spacial score (nSPS) is 38.8. The Morgan fingerprint density at radius 2 is 2.06 bits per heavy atom. The van der Waals surface area contributed by atoms with E-state index in [0.29, 0.717) is 10.8 Å². The molecular formula is C15H29NS. The number of nitrogens with one attached hydrogen (secondary N) is 1. The summed E-state index contributed by atoms with van der Waals surface area (Å²) in [5.74, 6) is 3.55. The SMILES string of the molecule is CCSCCCNC1CC2CCC1(C)C2(C)C. The molecule has 3 unspecified atom stereocenters. The molecule has 2 fully saturated rings. The average molecular weight is 255 g/mol. The molecule has 0 heterocycles. The van der Waals surface area contributed by atoms with Crippen LogP contribution in [0.15, 0.2) is 0 Å². The van der Waals surface area contributed by atoms with Gasteiger partial charge in [-0.25, -0.2) is 0 Å². The van der Waals surface area contributed by atoms with Crippen LogP contribution in [0.5, 0.6) is 0 Å². The van der Waals surface area contributed by atoms with Crippen molar-refractivity contribution in [1.29, 1.82) is 0 Å². The van der Waals surface area contributed by atoms with Gasteiger partial charge in [-0.3, -0.25) is 0 Å². The lowest BCUT2D eigenvalue weighted by Crippen LogP contribution is -2.44. The molecule has 100 valence electrons. The smallest absolute Gasteiger partial charge is 0.0129 e. The van der Waals surface area contributed by atoms with Crippen molar-refractivity contribution in [1.82, 2.24) is 5.32 Å². The highest BCUT2D eigenvalue weighted by atomic mass is 32.2. The van der Waals surface area contributed by atoms with E-state index in [1.54, 1.807) is 0 Å². The Kier molecular flexibility index (Phi) is 4.14. The maximum atomic E-state index is 3.85. The van der Waals surface area contributed by atoms with Crippen molar-refractivity contribution < 1.29 is 0 Å². The second kappa shape index (κ2) is 5.13. The van der Waals surface area contributed by atoms with Crippen LogP contribution in [0.3, 0.4) is 0 Å². The molecule has 0 amide bonds. The molecule has 0 radical (unpaired) electrons. The average Bonchev–Trinajstić information content (AvgIpc) is 2.61. The van der Waals surface area contributed by atoms with E-state index in [2.05, 4.69) is 44.8 Å². The minimum Gasteiger partial charge on any atom is -0.313 e. The van der Waals surface area contributed by atoms with Crippen LogP contribution >= 0.6 is 11.8 Å². The van der Waals surface area contributed by atoms with Crippen LogP contribution in [0.1, 0.15) is 53.4 Å². The van der Waals surface area contributed by atoms with E-state index in [1.165, 1.54) is 43.7 Å². The minimum atomic E-state index is 0.551. The summed E-state index contributed by atoms with van der Waals surface area (Å²) < 4.78 is 0. The van der Waals surface area contributed by atoms with Crippen molar-refractivity contribution in [3.05, 3.63) is 0 Å². The van der Waals surface area contributed by atoms with Crippen LogP contribution in [0.25, 0.3) is 0 Å². The predicted octanol–water partition coefficient (Wildman–Crippen LogP) is 3.93. The van der Waals surface area contributed by atoms with Crippen molar-refractivity contribution >= 4 is 11.8 Å². The van der Waals surface area contributed by atoms with Gasteiger partial charge in [-0.1, -0.05) is 27.7 Å². The van der Waals surface area contributed by atoms with Crippen LogP contribution in [0.4, 0.5) is 0 Å². The first-order valence-corrected chi connectivity index (χ1v) is 8.49. The van der Waals surface area contributed by atoms with Crippen molar-refractivity contribution in [2.75, 3.05) is 18.1 Å². The van der Waals surface area contributed by atoms with Crippen LogP contribution in [0.2, 0.25) is 0 Å². The standard InChI is InChI=1S/C15H29NS/c1-5-17-10-6-9-16-13-11-12-7-8-15(13,4)14(12,2)3/h12-13,16H,5-11H2,1-4H3. The van der Waals surface area contributed by atoms with Gasteiger partial charge < -0.3 is 5.32 Å². The van der Waals surface area contributed by atoms with Crippen molar-refractivity contribution in [3.8, 4) is 0 Å². The fourth-order valence-electron chi connectivity index (χ4n) is 4.11. The lowest BCUT2D eigenvalue weighted by atomic mass is 9.69. The lowest BCUT2D eigenvalue weighted by Gasteiger charge is -2.39. The topological polar surface area (TPSA) is 12.0 Å². The molecule has 2 bridgehead atoms. The third-order valence-corrected chi connectivity index (χ3v) is 6.84. The van der Waals surface area contributed by atoms with Crippen molar-refractivity contribution in [2.24, 2.45) is 16.7 Å². The van der Waals surface area contributed by atoms with Crippen molar-refractivity contribution in [3.63, 3.8) is 0 Å². The summed E-state index contributed by atoms with van der Waals surface area (Å²) in [4.78, 5) is 0. The molecule has 1 N–H and O–H groups in total. The van der Waals surface area contributed by atoms with Gasteiger partial charge in [0.05, 0.1) is 0 Å². The van der Waals surface area contributed by atoms with E-state index in [9.17, 15) is 0 Å². The summed E-state index contributed by atoms with van der Waals surface area (Å²) >= 11 is 2.06. The Balaban J connectivity index is 1.80. The van der Waals surface area contributed by atoms with Gasteiger partial charge in [0.2, 0.25) is 0 Å². The zero-order chi connectivity index (χ0) is 12.5. The molecule has 0 aromatic rings. The van der Waals surface area contributed by atoms with Gasteiger partial charge in [0.1, 0.15) is 0 Å². The van der Waals surface area contributed by atoms with Gasteiger partial charge in [0.15, 0.2) is 0 Å². The van der Waals surface area contributed by atoms with E-state index in [-0.39, 0.29) is 0 Å². The molecular weight excluding hydrogens is 226 g/mol. The number of thioether (sulfide) groups is 1. The number of fused-ring (bicyclic) bond motifs is 2.